The fourth-order valence-electron chi connectivity index (χ4n) is 4.36. The van der Waals surface area contributed by atoms with Crippen LogP contribution in [-0.2, 0) is 19.9 Å². The van der Waals surface area contributed by atoms with E-state index in [4.69, 9.17) is 4.74 Å². The molecule has 0 radical (unpaired) electrons. The van der Waals surface area contributed by atoms with Crippen molar-refractivity contribution >= 4 is 5.91 Å². The molecule has 2 aromatic heterocycles. The molecule has 2 heterocycles. The highest BCUT2D eigenvalue weighted by Crippen LogP contribution is 2.28. The van der Waals surface area contributed by atoms with E-state index in [-0.39, 0.29) is 34.9 Å². The van der Waals surface area contributed by atoms with Crippen LogP contribution in [0.3, 0.4) is 0 Å². The highest BCUT2D eigenvalue weighted by atomic mass is 16.5. The Morgan fingerprint density at radius 3 is 2.62 bits per heavy atom. The number of nitrogens with one attached hydrogen (secondary N) is 1. The van der Waals surface area contributed by atoms with Gasteiger partial charge in [-0.05, 0) is 50.5 Å². The highest BCUT2D eigenvalue weighted by Gasteiger charge is 2.27. The number of ether oxygens (including phenoxy) is 1. The van der Waals surface area contributed by atoms with Gasteiger partial charge in [0.1, 0.15) is 5.75 Å². The van der Waals surface area contributed by atoms with Crippen LogP contribution in [0, 0.1) is 0 Å². The molecular formula is C21H26N4O4. The fourth-order valence-corrected chi connectivity index (χ4v) is 4.36. The molecule has 0 spiro atoms. The topological polar surface area (TPSA) is 95.2 Å². The van der Waals surface area contributed by atoms with Gasteiger partial charge in [0.05, 0.1) is 24.4 Å². The van der Waals surface area contributed by atoms with Gasteiger partial charge in [0.2, 0.25) is 0 Å². The van der Waals surface area contributed by atoms with Crippen molar-refractivity contribution in [2.45, 2.75) is 57.0 Å². The molecule has 0 atom stereocenters. The molecule has 0 aliphatic heterocycles. The van der Waals surface area contributed by atoms with Crippen LogP contribution in [0.15, 0.2) is 27.9 Å². The summed E-state index contributed by atoms with van der Waals surface area (Å²) >= 11 is 0. The van der Waals surface area contributed by atoms with Crippen molar-refractivity contribution in [3.05, 3.63) is 55.9 Å². The molecular weight excluding hydrogens is 372 g/mol. The summed E-state index contributed by atoms with van der Waals surface area (Å²) in [6, 6.07) is 3.16. The van der Waals surface area contributed by atoms with Crippen molar-refractivity contribution in [1.29, 1.82) is 0 Å². The zero-order chi connectivity index (χ0) is 20.5. The lowest BCUT2D eigenvalue weighted by atomic mass is 9.91. The Bertz CT molecular complexity index is 1050. The maximum absolute atomic E-state index is 12.7. The van der Waals surface area contributed by atoms with Crippen molar-refractivity contribution in [3.63, 3.8) is 0 Å². The molecule has 8 heteroatoms. The molecule has 2 aliphatic carbocycles. The van der Waals surface area contributed by atoms with E-state index < -0.39 is 0 Å². The first-order valence-corrected chi connectivity index (χ1v) is 10.1. The monoisotopic (exact) mass is 398 g/mol. The second-order valence-corrected chi connectivity index (χ2v) is 7.94. The standard InChI is InChI=1S/C21H26N4O4/c1-24-12-16(18(29-2)11-19(24)26)21(28)22-14-6-8-15(9-7-14)25-20(27)10-13-4-3-5-17(13)23-25/h10-12,14-15H,3-9H2,1-2H3,(H,22,28). The van der Waals surface area contributed by atoms with Gasteiger partial charge < -0.3 is 14.6 Å². The minimum absolute atomic E-state index is 0.0193. The van der Waals surface area contributed by atoms with E-state index >= 15 is 0 Å². The molecule has 1 fully saturated rings. The third kappa shape index (κ3) is 3.83. The van der Waals surface area contributed by atoms with E-state index in [1.807, 2.05) is 0 Å². The smallest absolute Gasteiger partial charge is 0.267 e. The van der Waals surface area contributed by atoms with Gasteiger partial charge in [0, 0.05) is 31.4 Å². The molecule has 0 saturated heterocycles. The molecule has 0 bridgehead atoms. The number of carbonyl (C=O) groups is 1. The molecule has 0 aromatic carbocycles. The summed E-state index contributed by atoms with van der Waals surface area (Å²) in [5.41, 5.74) is 2.24. The molecule has 2 aromatic rings. The van der Waals surface area contributed by atoms with Crippen molar-refractivity contribution in [2.24, 2.45) is 7.05 Å². The summed E-state index contributed by atoms with van der Waals surface area (Å²) in [6.45, 7) is 0. The second kappa shape index (κ2) is 7.85. The average molecular weight is 398 g/mol. The first kappa shape index (κ1) is 19.4. The predicted octanol–water partition coefficient (Wildman–Crippen LogP) is 1.35. The van der Waals surface area contributed by atoms with Gasteiger partial charge in [0.25, 0.3) is 17.0 Å². The maximum atomic E-state index is 12.7. The number of hydrogen-bond acceptors (Lipinski definition) is 5. The van der Waals surface area contributed by atoms with Gasteiger partial charge in [-0.25, -0.2) is 4.68 Å². The van der Waals surface area contributed by atoms with Crippen LogP contribution in [-0.4, -0.2) is 33.4 Å². The summed E-state index contributed by atoms with van der Waals surface area (Å²) in [5, 5.41) is 7.66. The quantitative estimate of drug-likeness (QED) is 0.839. The van der Waals surface area contributed by atoms with Crippen LogP contribution in [0.25, 0.3) is 0 Å². The minimum Gasteiger partial charge on any atom is -0.496 e. The maximum Gasteiger partial charge on any atom is 0.267 e. The molecule has 2 aliphatic rings. The number of pyridine rings is 1. The van der Waals surface area contributed by atoms with Gasteiger partial charge in [-0.1, -0.05) is 0 Å². The van der Waals surface area contributed by atoms with Crippen LogP contribution in [0.2, 0.25) is 0 Å². The largest absolute Gasteiger partial charge is 0.496 e. The van der Waals surface area contributed by atoms with Crippen molar-refractivity contribution < 1.29 is 9.53 Å². The van der Waals surface area contributed by atoms with Crippen LogP contribution in [0.1, 0.15) is 59.8 Å². The Kier molecular flexibility index (Phi) is 5.25. The lowest BCUT2D eigenvalue weighted by molar-refractivity contribution is 0.0917. The number of aromatic nitrogens is 3. The summed E-state index contributed by atoms with van der Waals surface area (Å²) in [4.78, 5) is 36.9. The van der Waals surface area contributed by atoms with Gasteiger partial charge >= 0.3 is 0 Å². The number of amides is 1. The van der Waals surface area contributed by atoms with E-state index in [0.29, 0.717) is 5.56 Å². The van der Waals surface area contributed by atoms with Crippen LogP contribution < -0.4 is 21.2 Å². The second-order valence-electron chi connectivity index (χ2n) is 7.94. The van der Waals surface area contributed by atoms with Crippen molar-refractivity contribution in [2.75, 3.05) is 7.11 Å². The van der Waals surface area contributed by atoms with E-state index in [9.17, 15) is 14.4 Å². The predicted molar refractivity (Wildman–Crippen MR) is 108 cm³/mol. The molecule has 8 nitrogen and oxygen atoms in total. The van der Waals surface area contributed by atoms with Crippen LogP contribution in [0.5, 0.6) is 5.75 Å². The Morgan fingerprint density at radius 1 is 1.14 bits per heavy atom. The number of carbonyl (C=O) groups excluding carboxylic acids is 1. The average Bonchev–Trinajstić information content (AvgIpc) is 3.16. The molecule has 154 valence electrons. The zero-order valence-electron chi connectivity index (χ0n) is 16.8. The Labute approximate surface area is 168 Å². The number of fused-ring (bicyclic) bond motifs is 1. The summed E-state index contributed by atoms with van der Waals surface area (Å²) < 4.78 is 8.21. The Morgan fingerprint density at radius 2 is 1.90 bits per heavy atom. The first-order valence-electron chi connectivity index (χ1n) is 10.1. The first-order chi connectivity index (χ1) is 14.0. The highest BCUT2D eigenvalue weighted by molar-refractivity contribution is 5.96. The number of rotatable bonds is 4. The molecule has 1 N–H and O–H groups in total. The molecule has 0 unspecified atom stereocenters. The van der Waals surface area contributed by atoms with Gasteiger partial charge in [-0.15, -0.1) is 0 Å². The third-order valence-electron chi connectivity index (χ3n) is 6.02. The van der Waals surface area contributed by atoms with Crippen molar-refractivity contribution in [1.82, 2.24) is 19.7 Å². The number of hydrogen-bond donors (Lipinski definition) is 1. The zero-order valence-corrected chi connectivity index (χ0v) is 16.8. The fraction of sp³-hybridized carbons (Fsp3) is 0.524. The summed E-state index contributed by atoms with van der Waals surface area (Å²) in [7, 11) is 3.04. The van der Waals surface area contributed by atoms with Gasteiger partial charge in [0.15, 0.2) is 0 Å². The number of aryl methyl sites for hydroxylation is 3. The normalized spacial score (nSPS) is 20.9. The van der Waals surface area contributed by atoms with Gasteiger partial charge in [-0.3, -0.25) is 14.4 Å². The summed E-state index contributed by atoms with van der Waals surface area (Å²) in [6.07, 6.45) is 7.59. The van der Waals surface area contributed by atoms with E-state index in [2.05, 4.69) is 10.4 Å². The minimum atomic E-state index is -0.256. The Hall–Kier alpha value is -2.90. The van der Waals surface area contributed by atoms with Gasteiger partial charge in [-0.2, -0.15) is 5.10 Å². The molecule has 1 saturated carbocycles. The van der Waals surface area contributed by atoms with E-state index in [0.717, 1.165) is 56.2 Å². The van der Waals surface area contributed by atoms with E-state index in [1.165, 1.54) is 23.9 Å². The SMILES string of the molecule is COc1cc(=O)n(C)cc1C(=O)NC1CCC(n2nc3c(cc2=O)CCC3)CC1. The number of nitrogens with zero attached hydrogens (tertiary/aromatic N) is 3. The van der Waals surface area contributed by atoms with Crippen molar-refractivity contribution in [3.8, 4) is 5.75 Å². The molecule has 4 rings (SSSR count). The van der Waals surface area contributed by atoms with Crippen LogP contribution >= 0.6 is 0 Å². The molecule has 29 heavy (non-hydrogen) atoms. The van der Waals surface area contributed by atoms with Crippen LogP contribution in [0.4, 0.5) is 0 Å². The summed E-state index contributed by atoms with van der Waals surface area (Å²) in [5.74, 6) is 0.0156. The number of methoxy groups -OCH3 is 1. The van der Waals surface area contributed by atoms with E-state index in [1.54, 1.807) is 17.8 Å². The lowest BCUT2D eigenvalue weighted by Gasteiger charge is -2.30. The Balaban J connectivity index is 1.42. The third-order valence-corrected chi connectivity index (χ3v) is 6.02. The molecule has 1 amide bonds. The lowest BCUT2D eigenvalue weighted by Crippen LogP contribution is -2.40.